The highest BCUT2D eigenvalue weighted by Gasteiger charge is 2.06. The molecule has 1 aromatic heterocycles. The average molecular weight is 252 g/mol. The second-order valence-corrected chi connectivity index (χ2v) is 4.35. The van der Waals surface area contributed by atoms with Crippen LogP contribution >= 0.6 is 0 Å². The molecule has 0 radical (unpaired) electrons. The normalized spacial score (nSPS) is 10.7. The number of para-hydroxylation sites is 1. The Hall–Kier alpha value is -2.62. The maximum atomic E-state index is 12.0. The number of aromatic amines is 1. The zero-order valence-electron chi connectivity index (χ0n) is 10.2. The van der Waals surface area contributed by atoms with Crippen molar-refractivity contribution in [3.05, 3.63) is 81.0 Å². The summed E-state index contributed by atoms with van der Waals surface area (Å²) < 4.78 is 1.58. The summed E-state index contributed by atoms with van der Waals surface area (Å²) in [7, 11) is 0. The fourth-order valence-electron chi connectivity index (χ4n) is 2.17. The van der Waals surface area contributed by atoms with Crippen LogP contribution in [0.2, 0.25) is 0 Å². The molecular formula is C15H12N2O2. The van der Waals surface area contributed by atoms with E-state index in [4.69, 9.17) is 0 Å². The third-order valence-electron chi connectivity index (χ3n) is 3.09. The molecule has 0 saturated heterocycles. The van der Waals surface area contributed by atoms with Crippen molar-refractivity contribution in [2.45, 2.75) is 6.54 Å². The zero-order valence-corrected chi connectivity index (χ0v) is 10.2. The van der Waals surface area contributed by atoms with Gasteiger partial charge in [-0.1, -0.05) is 42.5 Å². The lowest BCUT2D eigenvalue weighted by Crippen LogP contribution is -2.30. The van der Waals surface area contributed by atoms with Gasteiger partial charge in [-0.3, -0.25) is 14.3 Å². The Morgan fingerprint density at radius 2 is 1.58 bits per heavy atom. The molecule has 0 fully saturated rings. The average Bonchev–Trinajstić information content (AvgIpc) is 2.45. The molecular weight excluding hydrogens is 240 g/mol. The van der Waals surface area contributed by atoms with E-state index in [1.807, 2.05) is 36.4 Å². The molecule has 0 aliphatic heterocycles. The molecule has 4 heteroatoms. The first-order chi connectivity index (χ1) is 9.25. The maximum Gasteiger partial charge on any atom is 0.329 e. The molecule has 1 heterocycles. The predicted octanol–water partition coefficient (Wildman–Crippen LogP) is 1.74. The number of H-pyrrole nitrogens is 1. The van der Waals surface area contributed by atoms with Crippen LogP contribution in [0.5, 0.6) is 0 Å². The van der Waals surface area contributed by atoms with Crippen molar-refractivity contribution in [1.82, 2.24) is 9.55 Å². The van der Waals surface area contributed by atoms with Crippen LogP contribution in [0, 0.1) is 0 Å². The van der Waals surface area contributed by atoms with Crippen LogP contribution in [0.15, 0.2) is 64.2 Å². The summed E-state index contributed by atoms with van der Waals surface area (Å²) in [4.78, 5) is 26.1. The SMILES string of the molecule is O=c1[nH]c(=O)n(Cc2ccccc2)c2ccccc12. The van der Waals surface area contributed by atoms with Crippen molar-refractivity contribution >= 4 is 10.9 Å². The van der Waals surface area contributed by atoms with E-state index in [1.165, 1.54) is 0 Å². The molecule has 0 bridgehead atoms. The van der Waals surface area contributed by atoms with Crippen LogP contribution in [-0.2, 0) is 6.54 Å². The van der Waals surface area contributed by atoms with E-state index in [9.17, 15) is 9.59 Å². The summed E-state index contributed by atoms with van der Waals surface area (Å²) in [5, 5.41) is 0.526. The van der Waals surface area contributed by atoms with Crippen molar-refractivity contribution in [3.63, 3.8) is 0 Å². The first kappa shape index (κ1) is 11.5. The number of hydrogen-bond acceptors (Lipinski definition) is 2. The molecule has 0 aliphatic rings. The number of fused-ring (bicyclic) bond motifs is 1. The van der Waals surface area contributed by atoms with Gasteiger partial charge >= 0.3 is 5.69 Å². The van der Waals surface area contributed by atoms with Crippen LogP contribution < -0.4 is 11.2 Å². The molecule has 19 heavy (non-hydrogen) atoms. The zero-order chi connectivity index (χ0) is 13.2. The minimum Gasteiger partial charge on any atom is -0.289 e. The first-order valence-electron chi connectivity index (χ1n) is 6.01. The number of nitrogens with zero attached hydrogens (tertiary/aromatic N) is 1. The second-order valence-electron chi connectivity index (χ2n) is 4.35. The lowest BCUT2D eigenvalue weighted by atomic mass is 10.2. The molecule has 3 aromatic rings. The fraction of sp³-hybridized carbons (Fsp3) is 0.0667. The minimum absolute atomic E-state index is 0.343. The van der Waals surface area contributed by atoms with Gasteiger partial charge in [-0.2, -0.15) is 0 Å². The van der Waals surface area contributed by atoms with Crippen molar-refractivity contribution < 1.29 is 0 Å². The monoisotopic (exact) mass is 252 g/mol. The molecule has 1 N–H and O–H groups in total. The van der Waals surface area contributed by atoms with Crippen LogP contribution in [0.1, 0.15) is 5.56 Å². The quantitative estimate of drug-likeness (QED) is 0.755. The summed E-state index contributed by atoms with van der Waals surface area (Å²) >= 11 is 0. The Kier molecular flexibility index (Phi) is 2.76. The van der Waals surface area contributed by atoms with Crippen LogP contribution in [0.3, 0.4) is 0 Å². The van der Waals surface area contributed by atoms with Gasteiger partial charge in [0.1, 0.15) is 0 Å². The van der Waals surface area contributed by atoms with E-state index in [-0.39, 0.29) is 11.2 Å². The number of nitrogens with one attached hydrogen (secondary N) is 1. The van der Waals surface area contributed by atoms with E-state index >= 15 is 0 Å². The summed E-state index contributed by atoms with van der Waals surface area (Å²) in [5.74, 6) is 0. The lowest BCUT2D eigenvalue weighted by molar-refractivity contribution is 0.756. The fourth-order valence-corrected chi connectivity index (χ4v) is 2.17. The summed E-state index contributed by atoms with van der Waals surface area (Å²) in [6.07, 6.45) is 0. The van der Waals surface area contributed by atoms with Gasteiger partial charge in [-0.05, 0) is 17.7 Å². The highest BCUT2D eigenvalue weighted by atomic mass is 16.2. The third kappa shape index (κ3) is 2.08. The Labute approximate surface area is 109 Å². The number of benzene rings is 2. The van der Waals surface area contributed by atoms with Gasteiger partial charge in [-0.15, -0.1) is 0 Å². The molecule has 0 saturated carbocycles. The predicted molar refractivity (Wildman–Crippen MR) is 74.4 cm³/mol. The number of rotatable bonds is 2. The lowest BCUT2D eigenvalue weighted by Gasteiger charge is -2.09. The number of hydrogen-bond donors (Lipinski definition) is 1. The molecule has 0 spiro atoms. The van der Waals surface area contributed by atoms with E-state index in [0.717, 1.165) is 5.56 Å². The van der Waals surface area contributed by atoms with Gasteiger partial charge in [0.25, 0.3) is 5.56 Å². The summed E-state index contributed by atoms with van der Waals surface area (Å²) in [5.41, 5.74) is 0.944. The van der Waals surface area contributed by atoms with Crippen molar-refractivity contribution in [3.8, 4) is 0 Å². The smallest absolute Gasteiger partial charge is 0.289 e. The maximum absolute atomic E-state index is 12.0. The van der Waals surface area contributed by atoms with Gasteiger partial charge in [0, 0.05) is 0 Å². The summed E-state index contributed by atoms with van der Waals surface area (Å²) in [6, 6.07) is 16.8. The van der Waals surface area contributed by atoms with Crippen molar-refractivity contribution in [2.24, 2.45) is 0 Å². The summed E-state index contributed by atoms with van der Waals surface area (Å²) in [6.45, 7) is 0.441. The molecule has 0 unspecified atom stereocenters. The van der Waals surface area contributed by atoms with E-state index in [1.54, 1.807) is 22.8 Å². The highest BCUT2D eigenvalue weighted by molar-refractivity contribution is 5.77. The first-order valence-corrected chi connectivity index (χ1v) is 6.01. The standard InChI is InChI=1S/C15H12N2O2/c18-14-12-8-4-5-9-13(12)17(15(19)16-14)10-11-6-2-1-3-7-11/h1-9H,10H2,(H,16,18,19). The van der Waals surface area contributed by atoms with Gasteiger partial charge in [-0.25, -0.2) is 4.79 Å². The van der Waals surface area contributed by atoms with Gasteiger partial charge in [0.15, 0.2) is 0 Å². The molecule has 4 nitrogen and oxygen atoms in total. The Bertz CT molecular complexity index is 832. The largest absolute Gasteiger partial charge is 0.329 e. The Balaban J connectivity index is 2.24. The van der Waals surface area contributed by atoms with E-state index < -0.39 is 0 Å². The number of aromatic nitrogens is 2. The third-order valence-corrected chi connectivity index (χ3v) is 3.09. The van der Waals surface area contributed by atoms with Crippen molar-refractivity contribution in [1.29, 1.82) is 0 Å². The highest BCUT2D eigenvalue weighted by Crippen LogP contribution is 2.09. The minimum atomic E-state index is -0.382. The molecule has 0 aliphatic carbocycles. The van der Waals surface area contributed by atoms with E-state index in [2.05, 4.69) is 4.98 Å². The van der Waals surface area contributed by atoms with Gasteiger partial charge < -0.3 is 0 Å². The second kappa shape index (κ2) is 4.57. The van der Waals surface area contributed by atoms with Crippen molar-refractivity contribution in [2.75, 3.05) is 0 Å². The molecule has 3 rings (SSSR count). The molecule has 0 amide bonds. The van der Waals surface area contributed by atoms with Crippen LogP contribution in [0.4, 0.5) is 0 Å². The molecule has 2 aromatic carbocycles. The Morgan fingerprint density at radius 3 is 2.37 bits per heavy atom. The van der Waals surface area contributed by atoms with Gasteiger partial charge in [0.05, 0.1) is 17.4 Å². The van der Waals surface area contributed by atoms with E-state index in [0.29, 0.717) is 17.4 Å². The Morgan fingerprint density at radius 1 is 0.895 bits per heavy atom. The molecule has 94 valence electrons. The topological polar surface area (TPSA) is 54.9 Å². The van der Waals surface area contributed by atoms with Crippen LogP contribution in [0.25, 0.3) is 10.9 Å². The van der Waals surface area contributed by atoms with Crippen LogP contribution in [-0.4, -0.2) is 9.55 Å². The molecule has 0 atom stereocenters. The van der Waals surface area contributed by atoms with Gasteiger partial charge in [0.2, 0.25) is 0 Å².